The Balaban J connectivity index is 1.51. The average molecular weight is 608 g/mol. The number of para-hydroxylation sites is 2. The number of benzene rings is 6. The van der Waals surface area contributed by atoms with E-state index in [9.17, 15) is 0 Å². The Hall–Kier alpha value is -5.34. The minimum atomic E-state index is -0.252. The molecule has 0 bridgehead atoms. The first kappa shape index (κ1) is 27.9. The van der Waals surface area contributed by atoms with Crippen LogP contribution in [-0.4, -0.2) is 0 Å². The van der Waals surface area contributed by atoms with Crippen LogP contribution in [0, 0.1) is 0 Å². The molecule has 6 aromatic carbocycles. The molecule has 1 heterocycles. The van der Waals surface area contributed by atoms with Gasteiger partial charge in [0.1, 0.15) is 5.75 Å². The van der Waals surface area contributed by atoms with Crippen molar-refractivity contribution in [2.75, 3.05) is 4.90 Å². The predicted octanol–water partition coefficient (Wildman–Crippen LogP) is 11.9. The van der Waals surface area contributed by atoms with Gasteiger partial charge in [-0.15, -0.1) is 0 Å². The summed E-state index contributed by atoms with van der Waals surface area (Å²) in [6.07, 6.45) is 4.79. The number of hydrogen-bond acceptors (Lipinski definition) is 2. The van der Waals surface area contributed by atoms with Crippen LogP contribution in [0.25, 0.3) is 33.4 Å². The first-order valence-corrected chi connectivity index (χ1v) is 16.7. The normalized spacial score (nSPS) is 15.6. The molecule has 0 N–H and O–H groups in total. The maximum atomic E-state index is 5.94. The number of hydrogen-bond donors (Lipinski definition) is 0. The van der Waals surface area contributed by atoms with Gasteiger partial charge in [0.25, 0.3) is 0 Å². The third-order valence-electron chi connectivity index (χ3n) is 10.7. The van der Waals surface area contributed by atoms with Crippen LogP contribution in [-0.2, 0) is 17.3 Å². The second-order valence-electron chi connectivity index (χ2n) is 14.1. The van der Waals surface area contributed by atoms with Gasteiger partial charge in [0, 0.05) is 22.2 Å². The summed E-state index contributed by atoms with van der Waals surface area (Å²) in [4.78, 5) is 2.54. The summed E-state index contributed by atoms with van der Waals surface area (Å²) in [6, 6.07) is 46.9. The van der Waals surface area contributed by atoms with Crippen molar-refractivity contribution in [3.05, 3.63) is 168 Å². The number of rotatable bonds is 4. The highest BCUT2D eigenvalue weighted by molar-refractivity contribution is 6.09. The van der Waals surface area contributed by atoms with Gasteiger partial charge in [0.2, 0.25) is 0 Å². The summed E-state index contributed by atoms with van der Waals surface area (Å²) in [5, 5.41) is 0. The average Bonchev–Trinajstić information content (AvgIpc) is 3.49. The third kappa shape index (κ3) is 3.91. The largest absolute Gasteiger partial charge is 0.465 e. The van der Waals surface area contributed by atoms with Gasteiger partial charge in [0.05, 0.1) is 11.9 Å². The minimum Gasteiger partial charge on any atom is -0.465 e. The molecule has 2 nitrogen and oxygen atoms in total. The zero-order valence-electron chi connectivity index (χ0n) is 27.3. The smallest absolute Gasteiger partial charge is 0.130 e. The Morgan fingerprint density at radius 1 is 0.553 bits per heavy atom. The van der Waals surface area contributed by atoms with Crippen LogP contribution < -0.4 is 9.64 Å². The van der Waals surface area contributed by atoms with E-state index in [0.717, 1.165) is 23.5 Å². The highest BCUT2D eigenvalue weighted by Gasteiger charge is 2.48. The van der Waals surface area contributed by atoms with E-state index >= 15 is 0 Å². The molecule has 3 aliphatic rings. The number of anilines is 3. The van der Waals surface area contributed by atoms with Crippen molar-refractivity contribution < 1.29 is 4.74 Å². The standard InChI is InChI=1S/C45H37NO/c1-44(2)35-23-13-11-21-33(35)39-38(30-25-26-37-29(28-30)16-15-27-47-37)40-34-22-12-14-24-36(34)45(3,4)42(40)43(41(39)44)46(31-17-7-5-8-18-31)32-19-9-6-10-20-32/h5-15,17-28H,16H2,1-4H3. The third-order valence-corrected chi connectivity index (χ3v) is 10.7. The summed E-state index contributed by atoms with van der Waals surface area (Å²) in [6.45, 7) is 9.69. The fraction of sp³-hybridized carbons (Fsp3) is 0.156. The number of nitrogens with zero attached hydrogens (tertiary/aromatic N) is 1. The molecule has 0 amide bonds. The van der Waals surface area contributed by atoms with Crippen LogP contribution >= 0.6 is 0 Å². The highest BCUT2D eigenvalue weighted by atomic mass is 16.5. The van der Waals surface area contributed by atoms with E-state index in [1.54, 1.807) is 0 Å². The van der Waals surface area contributed by atoms with E-state index in [2.05, 4.69) is 166 Å². The van der Waals surface area contributed by atoms with Crippen molar-refractivity contribution in [3.63, 3.8) is 0 Å². The molecule has 1 aliphatic heterocycles. The summed E-state index contributed by atoms with van der Waals surface area (Å²) in [5.74, 6) is 0.946. The van der Waals surface area contributed by atoms with Crippen LogP contribution in [0.1, 0.15) is 55.5 Å². The minimum absolute atomic E-state index is 0.252. The molecule has 0 unspecified atom stereocenters. The number of ether oxygens (including phenoxy) is 1. The van der Waals surface area contributed by atoms with Gasteiger partial charge in [0.15, 0.2) is 0 Å². The van der Waals surface area contributed by atoms with E-state index in [4.69, 9.17) is 4.74 Å². The van der Waals surface area contributed by atoms with E-state index in [1.807, 2.05) is 6.26 Å². The topological polar surface area (TPSA) is 12.5 Å². The van der Waals surface area contributed by atoms with Crippen molar-refractivity contribution in [1.82, 2.24) is 0 Å². The second-order valence-corrected chi connectivity index (χ2v) is 14.1. The Kier molecular flexibility index (Phi) is 5.99. The van der Waals surface area contributed by atoms with Crippen molar-refractivity contribution in [2.45, 2.75) is 44.9 Å². The molecule has 47 heavy (non-hydrogen) atoms. The van der Waals surface area contributed by atoms with E-state index in [-0.39, 0.29) is 10.8 Å². The Labute approximate surface area is 277 Å². The predicted molar refractivity (Wildman–Crippen MR) is 195 cm³/mol. The molecular formula is C45H37NO. The molecule has 228 valence electrons. The molecule has 0 fully saturated rings. The maximum Gasteiger partial charge on any atom is 0.130 e. The van der Waals surface area contributed by atoms with Crippen LogP contribution in [0.5, 0.6) is 5.75 Å². The molecule has 0 saturated heterocycles. The van der Waals surface area contributed by atoms with Crippen molar-refractivity contribution >= 4 is 17.1 Å². The monoisotopic (exact) mass is 607 g/mol. The van der Waals surface area contributed by atoms with E-state index in [0.29, 0.717) is 0 Å². The van der Waals surface area contributed by atoms with Gasteiger partial charge >= 0.3 is 0 Å². The molecule has 2 heteroatoms. The molecule has 6 aromatic rings. The number of allylic oxidation sites excluding steroid dienone is 1. The quantitative estimate of drug-likeness (QED) is 0.198. The summed E-state index contributed by atoms with van der Waals surface area (Å²) < 4.78 is 5.94. The molecule has 0 radical (unpaired) electrons. The van der Waals surface area contributed by atoms with Crippen LogP contribution in [0.3, 0.4) is 0 Å². The van der Waals surface area contributed by atoms with Gasteiger partial charge < -0.3 is 9.64 Å². The lowest BCUT2D eigenvalue weighted by Crippen LogP contribution is -2.26. The highest BCUT2D eigenvalue weighted by Crippen LogP contribution is 2.66. The van der Waals surface area contributed by atoms with Crippen LogP contribution in [0.4, 0.5) is 17.1 Å². The fourth-order valence-electron chi connectivity index (χ4n) is 8.63. The zero-order chi connectivity index (χ0) is 31.9. The lowest BCUT2D eigenvalue weighted by atomic mass is 9.73. The summed E-state index contributed by atoms with van der Waals surface area (Å²) in [5.41, 5.74) is 17.8. The Morgan fingerprint density at radius 2 is 1.06 bits per heavy atom. The van der Waals surface area contributed by atoms with E-state index < -0.39 is 0 Å². The van der Waals surface area contributed by atoms with Crippen molar-refractivity contribution in [3.8, 4) is 39.1 Å². The first-order chi connectivity index (χ1) is 22.9. The lowest BCUT2D eigenvalue weighted by molar-refractivity contribution is 0.465. The zero-order valence-corrected chi connectivity index (χ0v) is 27.3. The lowest BCUT2D eigenvalue weighted by Gasteiger charge is -2.38. The van der Waals surface area contributed by atoms with Gasteiger partial charge in [-0.1, -0.05) is 119 Å². The van der Waals surface area contributed by atoms with Crippen LogP contribution in [0.2, 0.25) is 0 Å². The fourth-order valence-corrected chi connectivity index (χ4v) is 8.63. The molecule has 2 aliphatic carbocycles. The van der Waals surface area contributed by atoms with Gasteiger partial charge in [-0.3, -0.25) is 0 Å². The Morgan fingerprint density at radius 3 is 1.62 bits per heavy atom. The molecule has 9 rings (SSSR count). The second kappa shape index (κ2) is 10.1. The summed E-state index contributed by atoms with van der Waals surface area (Å²) in [7, 11) is 0. The van der Waals surface area contributed by atoms with E-state index in [1.165, 1.54) is 66.9 Å². The van der Waals surface area contributed by atoms with Gasteiger partial charge in [-0.05, 0) is 110 Å². The van der Waals surface area contributed by atoms with Gasteiger partial charge in [-0.25, -0.2) is 0 Å². The summed E-state index contributed by atoms with van der Waals surface area (Å²) >= 11 is 0. The number of fused-ring (bicyclic) bond motifs is 7. The van der Waals surface area contributed by atoms with Crippen LogP contribution in [0.15, 0.2) is 140 Å². The Bertz CT molecular complexity index is 2120. The SMILES string of the molecule is CC1(C)c2ccccc2-c2c(-c3ccc4c(c3)CC=CO4)c3c(c(N(c4ccccc4)c4ccccc4)c21)C(C)(C)c1ccccc1-3. The molecule has 0 aromatic heterocycles. The van der Waals surface area contributed by atoms with Crippen molar-refractivity contribution in [2.24, 2.45) is 0 Å². The molecule has 0 saturated carbocycles. The van der Waals surface area contributed by atoms with Crippen molar-refractivity contribution in [1.29, 1.82) is 0 Å². The molecule has 0 spiro atoms. The molecule has 0 atom stereocenters. The molecular weight excluding hydrogens is 571 g/mol. The maximum absolute atomic E-state index is 5.94. The van der Waals surface area contributed by atoms with Gasteiger partial charge in [-0.2, -0.15) is 0 Å². The first-order valence-electron chi connectivity index (χ1n) is 16.7.